The van der Waals surface area contributed by atoms with Crippen LogP contribution in [0.3, 0.4) is 0 Å². The van der Waals surface area contributed by atoms with Crippen molar-refractivity contribution in [2.45, 2.75) is 39.8 Å². The molecule has 0 aromatic carbocycles. The van der Waals surface area contributed by atoms with E-state index in [0.29, 0.717) is 0 Å². The molecule has 1 rings (SSSR count). The lowest BCUT2D eigenvalue weighted by Gasteiger charge is -2.25. The zero-order valence-corrected chi connectivity index (χ0v) is 12.3. The number of ether oxygens (including phenoxy) is 2. The molecule has 0 spiro atoms. The Morgan fingerprint density at radius 1 is 1.39 bits per heavy atom. The molecule has 0 aliphatic carbocycles. The molecule has 0 saturated carbocycles. The van der Waals surface area contributed by atoms with Crippen LogP contribution in [-0.4, -0.2) is 35.6 Å². The molecule has 104 valence electrons. The minimum absolute atomic E-state index is 0.155. The van der Waals surface area contributed by atoms with Gasteiger partial charge in [-0.3, -0.25) is 0 Å². The second kappa shape index (κ2) is 6.20. The van der Waals surface area contributed by atoms with Gasteiger partial charge < -0.3 is 14.8 Å². The van der Waals surface area contributed by atoms with E-state index < -0.39 is 0 Å². The predicted molar refractivity (Wildman–Crippen MR) is 71.9 cm³/mol. The Morgan fingerprint density at radius 2 is 2.06 bits per heavy atom. The Hall–Kier alpha value is -1.07. The van der Waals surface area contributed by atoms with Crippen LogP contribution in [0.1, 0.15) is 32.0 Å². The summed E-state index contributed by atoms with van der Waals surface area (Å²) >= 11 is 0. The van der Waals surface area contributed by atoms with Crippen LogP contribution < -0.4 is 10.1 Å². The second-order valence-electron chi connectivity index (χ2n) is 4.99. The molecule has 1 heterocycles. The van der Waals surface area contributed by atoms with E-state index in [-0.39, 0.29) is 5.60 Å². The van der Waals surface area contributed by atoms with E-state index in [4.69, 9.17) is 9.47 Å². The number of hydrogen-bond acceptors (Lipinski definition) is 4. The van der Waals surface area contributed by atoms with E-state index >= 15 is 0 Å². The molecule has 1 N–H and O–H groups in total. The molecular weight excluding hydrogens is 230 g/mol. The topological polar surface area (TPSA) is 48.3 Å². The summed E-state index contributed by atoms with van der Waals surface area (Å²) in [7, 11) is 3.56. The smallest absolute Gasteiger partial charge is 0.216 e. The van der Waals surface area contributed by atoms with Crippen LogP contribution in [0.15, 0.2) is 0 Å². The Kier molecular flexibility index (Phi) is 5.16. The van der Waals surface area contributed by atoms with Gasteiger partial charge in [-0.05, 0) is 27.7 Å². The van der Waals surface area contributed by atoms with E-state index in [1.807, 2.05) is 20.9 Å². The van der Waals surface area contributed by atoms with Crippen molar-refractivity contribution >= 4 is 0 Å². The number of rotatable bonds is 7. The molecule has 18 heavy (non-hydrogen) atoms. The van der Waals surface area contributed by atoms with Crippen molar-refractivity contribution < 1.29 is 9.47 Å². The van der Waals surface area contributed by atoms with Crippen LogP contribution in [0.25, 0.3) is 0 Å². The summed E-state index contributed by atoms with van der Waals surface area (Å²) in [6.45, 7) is 10.4. The normalized spacial score (nSPS) is 11.9. The molecule has 0 aliphatic rings. The van der Waals surface area contributed by atoms with Crippen molar-refractivity contribution in [2.24, 2.45) is 7.05 Å². The third kappa shape index (κ3) is 3.71. The first-order valence-corrected chi connectivity index (χ1v) is 6.32. The van der Waals surface area contributed by atoms with E-state index in [1.54, 1.807) is 11.8 Å². The van der Waals surface area contributed by atoms with Gasteiger partial charge in [0.25, 0.3) is 0 Å². The van der Waals surface area contributed by atoms with Gasteiger partial charge in [0, 0.05) is 26.7 Å². The van der Waals surface area contributed by atoms with Gasteiger partial charge in [-0.15, -0.1) is 0 Å². The summed E-state index contributed by atoms with van der Waals surface area (Å²) in [4.78, 5) is 0. The summed E-state index contributed by atoms with van der Waals surface area (Å²) < 4.78 is 12.8. The minimum Gasteiger partial charge on any atom is -0.481 e. The summed E-state index contributed by atoms with van der Waals surface area (Å²) in [5, 5.41) is 7.75. The van der Waals surface area contributed by atoms with Crippen LogP contribution in [0, 0.1) is 6.92 Å². The molecule has 0 radical (unpaired) electrons. The zero-order chi connectivity index (χ0) is 13.8. The lowest BCUT2D eigenvalue weighted by atomic mass is 10.1. The highest BCUT2D eigenvalue weighted by Gasteiger charge is 2.18. The monoisotopic (exact) mass is 255 g/mol. The molecule has 1 aromatic rings. The Bertz CT molecular complexity index is 386. The van der Waals surface area contributed by atoms with E-state index in [9.17, 15) is 0 Å². The number of nitrogens with zero attached hydrogens (tertiary/aromatic N) is 2. The molecule has 1 aromatic heterocycles. The van der Waals surface area contributed by atoms with Gasteiger partial charge in [0.2, 0.25) is 5.88 Å². The second-order valence-corrected chi connectivity index (χ2v) is 4.99. The van der Waals surface area contributed by atoms with Gasteiger partial charge in [0.1, 0.15) is 0 Å². The fourth-order valence-corrected chi connectivity index (χ4v) is 2.07. The molecule has 0 amide bonds. The van der Waals surface area contributed by atoms with Crippen LogP contribution in [0.2, 0.25) is 0 Å². The Labute approximate surface area is 109 Å². The quantitative estimate of drug-likeness (QED) is 0.804. The third-order valence-corrected chi connectivity index (χ3v) is 2.87. The Morgan fingerprint density at radius 3 is 2.61 bits per heavy atom. The van der Waals surface area contributed by atoms with Crippen LogP contribution in [0.4, 0.5) is 0 Å². The fourth-order valence-electron chi connectivity index (χ4n) is 2.07. The maximum Gasteiger partial charge on any atom is 0.216 e. The summed E-state index contributed by atoms with van der Waals surface area (Å²) in [6.07, 6.45) is 0. The first-order valence-electron chi connectivity index (χ1n) is 6.32. The van der Waals surface area contributed by atoms with Crippen molar-refractivity contribution in [3.8, 4) is 5.88 Å². The van der Waals surface area contributed by atoms with Crippen LogP contribution in [-0.2, 0) is 18.3 Å². The van der Waals surface area contributed by atoms with Gasteiger partial charge in [0.05, 0.1) is 24.0 Å². The molecule has 0 saturated heterocycles. The molecule has 5 heteroatoms. The zero-order valence-electron chi connectivity index (χ0n) is 12.3. The predicted octanol–water partition coefficient (Wildman–Crippen LogP) is 1.64. The van der Waals surface area contributed by atoms with Crippen molar-refractivity contribution in [3.05, 3.63) is 11.3 Å². The third-order valence-electron chi connectivity index (χ3n) is 2.87. The molecule has 0 bridgehead atoms. The number of hydrogen-bond donors (Lipinski definition) is 1. The summed E-state index contributed by atoms with van der Waals surface area (Å²) in [6, 6.07) is 0. The van der Waals surface area contributed by atoms with Gasteiger partial charge >= 0.3 is 0 Å². The highest BCUT2D eigenvalue weighted by atomic mass is 16.5. The average Bonchev–Trinajstić information content (AvgIpc) is 2.53. The number of methoxy groups -OCH3 is 1. The minimum atomic E-state index is -0.155. The van der Waals surface area contributed by atoms with E-state index in [0.717, 1.165) is 36.8 Å². The highest BCUT2D eigenvalue weighted by Crippen LogP contribution is 2.20. The number of aryl methyl sites for hydroxylation is 2. The lowest BCUT2D eigenvalue weighted by Crippen LogP contribution is -2.37. The van der Waals surface area contributed by atoms with Crippen molar-refractivity contribution in [1.29, 1.82) is 0 Å². The molecular formula is C13H25N3O2. The Balaban J connectivity index is 2.59. The molecule has 0 fully saturated rings. The van der Waals surface area contributed by atoms with Gasteiger partial charge in [-0.1, -0.05) is 0 Å². The maximum absolute atomic E-state index is 5.64. The molecule has 5 nitrogen and oxygen atoms in total. The standard InChI is InChI=1S/C13H25N3O2/c1-7-18-13(3,4)9-14-8-11-10(2)15-16(5)12(11)17-6/h14H,7-9H2,1-6H3. The van der Waals surface area contributed by atoms with Gasteiger partial charge in [-0.25, -0.2) is 4.68 Å². The summed E-state index contributed by atoms with van der Waals surface area (Å²) in [5.74, 6) is 0.814. The number of nitrogens with one attached hydrogen (secondary N) is 1. The molecule has 0 unspecified atom stereocenters. The van der Waals surface area contributed by atoms with Crippen LogP contribution >= 0.6 is 0 Å². The first-order chi connectivity index (χ1) is 8.41. The SMILES string of the molecule is CCOC(C)(C)CNCc1c(C)nn(C)c1OC. The lowest BCUT2D eigenvalue weighted by molar-refractivity contribution is -0.00901. The fraction of sp³-hybridized carbons (Fsp3) is 0.769. The molecule has 0 aliphatic heterocycles. The van der Waals surface area contributed by atoms with Crippen molar-refractivity contribution in [1.82, 2.24) is 15.1 Å². The summed E-state index contributed by atoms with van der Waals surface area (Å²) in [5.41, 5.74) is 1.95. The molecule has 0 atom stereocenters. The first kappa shape index (κ1) is 15.0. The van der Waals surface area contributed by atoms with Crippen LogP contribution in [0.5, 0.6) is 5.88 Å². The van der Waals surface area contributed by atoms with Gasteiger partial charge in [-0.2, -0.15) is 5.10 Å². The maximum atomic E-state index is 5.64. The highest BCUT2D eigenvalue weighted by molar-refractivity contribution is 5.30. The van der Waals surface area contributed by atoms with E-state index in [1.165, 1.54) is 0 Å². The van der Waals surface area contributed by atoms with Crippen molar-refractivity contribution in [3.63, 3.8) is 0 Å². The average molecular weight is 255 g/mol. The number of aromatic nitrogens is 2. The van der Waals surface area contributed by atoms with Gasteiger partial charge in [0.15, 0.2) is 0 Å². The largest absolute Gasteiger partial charge is 0.481 e. The van der Waals surface area contributed by atoms with Crippen molar-refractivity contribution in [2.75, 3.05) is 20.3 Å². The van der Waals surface area contributed by atoms with E-state index in [2.05, 4.69) is 24.3 Å².